The zero-order valence-electron chi connectivity index (χ0n) is 11.5. The van der Waals surface area contributed by atoms with Crippen molar-refractivity contribution in [1.82, 2.24) is 4.98 Å². The van der Waals surface area contributed by atoms with E-state index in [4.69, 9.17) is 0 Å². The molecule has 1 unspecified atom stereocenters. The topological polar surface area (TPSA) is 70.4 Å². The molecule has 0 fully saturated rings. The SMILES string of the molecule is Cc1ccc(-c2cc(CC(C)O)cc(C(=O)O)c2)nc1. The highest BCUT2D eigenvalue weighted by Gasteiger charge is 2.10. The van der Waals surface area contributed by atoms with E-state index in [2.05, 4.69) is 4.98 Å². The van der Waals surface area contributed by atoms with E-state index in [-0.39, 0.29) is 5.56 Å². The van der Waals surface area contributed by atoms with Crippen molar-refractivity contribution in [2.75, 3.05) is 0 Å². The van der Waals surface area contributed by atoms with Crippen LogP contribution in [0.2, 0.25) is 0 Å². The number of hydrogen-bond acceptors (Lipinski definition) is 3. The molecule has 0 aliphatic carbocycles. The molecule has 0 aliphatic heterocycles. The van der Waals surface area contributed by atoms with Crippen LogP contribution in [0.5, 0.6) is 0 Å². The number of pyridine rings is 1. The predicted octanol–water partition coefficient (Wildman–Crippen LogP) is 2.68. The average molecular weight is 271 g/mol. The lowest BCUT2D eigenvalue weighted by Gasteiger charge is -2.09. The Morgan fingerprint density at radius 3 is 2.60 bits per heavy atom. The Morgan fingerprint density at radius 2 is 2.05 bits per heavy atom. The van der Waals surface area contributed by atoms with Gasteiger partial charge in [0.25, 0.3) is 0 Å². The summed E-state index contributed by atoms with van der Waals surface area (Å²) in [4.78, 5) is 15.5. The Balaban J connectivity index is 2.48. The molecule has 2 rings (SSSR count). The van der Waals surface area contributed by atoms with E-state index in [1.807, 2.05) is 25.1 Å². The maximum Gasteiger partial charge on any atom is 0.335 e. The van der Waals surface area contributed by atoms with Gasteiger partial charge in [-0.15, -0.1) is 0 Å². The lowest BCUT2D eigenvalue weighted by Crippen LogP contribution is -2.06. The molecule has 0 radical (unpaired) electrons. The molecule has 0 aliphatic rings. The Bertz CT molecular complexity index is 618. The van der Waals surface area contributed by atoms with Gasteiger partial charge in [0.1, 0.15) is 0 Å². The maximum absolute atomic E-state index is 11.2. The fourth-order valence-corrected chi connectivity index (χ4v) is 2.06. The molecule has 0 saturated carbocycles. The molecule has 104 valence electrons. The molecule has 0 saturated heterocycles. The normalized spacial score (nSPS) is 12.2. The molecule has 2 N–H and O–H groups in total. The van der Waals surface area contributed by atoms with E-state index < -0.39 is 12.1 Å². The van der Waals surface area contributed by atoms with Crippen molar-refractivity contribution in [2.45, 2.75) is 26.4 Å². The zero-order valence-corrected chi connectivity index (χ0v) is 11.5. The summed E-state index contributed by atoms with van der Waals surface area (Å²) in [5.41, 5.74) is 3.52. The highest BCUT2D eigenvalue weighted by molar-refractivity contribution is 5.89. The third-order valence-electron chi connectivity index (χ3n) is 2.98. The van der Waals surface area contributed by atoms with Crippen LogP contribution in [0.1, 0.15) is 28.4 Å². The molecule has 2 aromatic rings. The number of carboxylic acid groups (broad SMARTS) is 1. The van der Waals surface area contributed by atoms with E-state index in [1.54, 1.807) is 25.3 Å². The van der Waals surface area contributed by atoms with E-state index in [9.17, 15) is 15.0 Å². The molecular weight excluding hydrogens is 254 g/mol. The fourth-order valence-electron chi connectivity index (χ4n) is 2.06. The molecule has 1 aromatic heterocycles. The number of carbonyl (C=O) groups is 1. The molecular formula is C16H17NO3. The van der Waals surface area contributed by atoms with Crippen molar-refractivity contribution in [3.05, 3.63) is 53.2 Å². The Labute approximate surface area is 117 Å². The number of hydrogen-bond donors (Lipinski definition) is 2. The molecule has 0 spiro atoms. The average Bonchev–Trinajstić information content (AvgIpc) is 2.38. The number of benzene rings is 1. The summed E-state index contributed by atoms with van der Waals surface area (Å²) < 4.78 is 0. The van der Waals surface area contributed by atoms with Gasteiger partial charge in [0.05, 0.1) is 17.4 Å². The predicted molar refractivity (Wildman–Crippen MR) is 76.8 cm³/mol. The highest BCUT2D eigenvalue weighted by Crippen LogP contribution is 2.22. The van der Waals surface area contributed by atoms with E-state index in [0.29, 0.717) is 6.42 Å². The van der Waals surface area contributed by atoms with Gasteiger partial charge in [0.2, 0.25) is 0 Å². The van der Waals surface area contributed by atoms with Crippen molar-refractivity contribution in [3.63, 3.8) is 0 Å². The number of rotatable bonds is 4. The summed E-state index contributed by atoms with van der Waals surface area (Å²) in [6, 6.07) is 8.86. The Hall–Kier alpha value is -2.20. The Kier molecular flexibility index (Phi) is 4.15. The van der Waals surface area contributed by atoms with E-state index >= 15 is 0 Å². The summed E-state index contributed by atoms with van der Waals surface area (Å²) >= 11 is 0. The zero-order chi connectivity index (χ0) is 14.7. The number of carboxylic acids is 1. The van der Waals surface area contributed by atoms with Gasteiger partial charge >= 0.3 is 5.97 Å². The first-order valence-electron chi connectivity index (χ1n) is 6.44. The maximum atomic E-state index is 11.2. The van der Waals surface area contributed by atoms with Crippen molar-refractivity contribution < 1.29 is 15.0 Å². The number of aryl methyl sites for hydroxylation is 1. The molecule has 1 aromatic carbocycles. The molecule has 20 heavy (non-hydrogen) atoms. The molecule has 0 bridgehead atoms. The largest absolute Gasteiger partial charge is 0.478 e. The number of aromatic nitrogens is 1. The van der Waals surface area contributed by atoms with Crippen LogP contribution in [0, 0.1) is 6.92 Å². The highest BCUT2D eigenvalue weighted by atomic mass is 16.4. The lowest BCUT2D eigenvalue weighted by molar-refractivity contribution is 0.0696. The molecule has 0 amide bonds. The van der Waals surface area contributed by atoms with Crippen LogP contribution in [0.3, 0.4) is 0 Å². The van der Waals surface area contributed by atoms with Crippen molar-refractivity contribution in [1.29, 1.82) is 0 Å². The first kappa shape index (κ1) is 14.2. The number of aromatic carboxylic acids is 1. The fraction of sp³-hybridized carbons (Fsp3) is 0.250. The summed E-state index contributed by atoms with van der Waals surface area (Å²) in [5, 5.41) is 18.6. The van der Waals surface area contributed by atoms with Gasteiger partial charge in [-0.25, -0.2) is 4.79 Å². The van der Waals surface area contributed by atoms with Gasteiger partial charge in [0, 0.05) is 11.8 Å². The van der Waals surface area contributed by atoms with Crippen LogP contribution in [0.15, 0.2) is 36.5 Å². The monoisotopic (exact) mass is 271 g/mol. The number of aliphatic hydroxyl groups excluding tert-OH is 1. The summed E-state index contributed by atoms with van der Waals surface area (Å²) in [5.74, 6) is -0.981. The standard InChI is InChI=1S/C16H17NO3/c1-10-3-4-15(17-9-10)13-6-12(5-11(2)18)7-14(8-13)16(19)20/h3-4,6-9,11,18H,5H2,1-2H3,(H,19,20). The summed E-state index contributed by atoms with van der Waals surface area (Å²) in [6.07, 6.45) is 1.65. The van der Waals surface area contributed by atoms with Crippen LogP contribution < -0.4 is 0 Å². The van der Waals surface area contributed by atoms with Crippen LogP contribution in [0.25, 0.3) is 11.3 Å². The Morgan fingerprint density at radius 1 is 1.30 bits per heavy atom. The van der Waals surface area contributed by atoms with Gasteiger partial charge in [-0.1, -0.05) is 6.07 Å². The molecule has 4 nitrogen and oxygen atoms in total. The van der Waals surface area contributed by atoms with Gasteiger partial charge in [-0.3, -0.25) is 4.98 Å². The first-order valence-corrected chi connectivity index (χ1v) is 6.44. The summed E-state index contributed by atoms with van der Waals surface area (Å²) in [7, 11) is 0. The summed E-state index contributed by atoms with van der Waals surface area (Å²) in [6.45, 7) is 3.63. The van der Waals surface area contributed by atoms with Crippen LogP contribution in [-0.2, 0) is 6.42 Å². The lowest BCUT2D eigenvalue weighted by atomic mass is 9.99. The molecule has 1 heterocycles. The molecule has 4 heteroatoms. The van der Waals surface area contributed by atoms with Crippen molar-refractivity contribution in [2.24, 2.45) is 0 Å². The quantitative estimate of drug-likeness (QED) is 0.897. The minimum Gasteiger partial charge on any atom is -0.478 e. The van der Waals surface area contributed by atoms with Crippen molar-refractivity contribution >= 4 is 5.97 Å². The van der Waals surface area contributed by atoms with Gasteiger partial charge < -0.3 is 10.2 Å². The second-order valence-corrected chi connectivity index (χ2v) is 5.00. The van der Waals surface area contributed by atoms with Crippen LogP contribution in [0.4, 0.5) is 0 Å². The van der Waals surface area contributed by atoms with E-state index in [0.717, 1.165) is 22.4 Å². The third-order valence-corrected chi connectivity index (χ3v) is 2.98. The van der Waals surface area contributed by atoms with Gasteiger partial charge in [0.15, 0.2) is 0 Å². The van der Waals surface area contributed by atoms with E-state index in [1.165, 1.54) is 0 Å². The molecule has 1 atom stereocenters. The second kappa shape index (κ2) is 5.84. The van der Waals surface area contributed by atoms with Gasteiger partial charge in [-0.2, -0.15) is 0 Å². The number of nitrogens with zero attached hydrogens (tertiary/aromatic N) is 1. The van der Waals surface area contributed by atoms with Crippen LogP contribution in [-0.4, -0.2) is 27.3 Å². The first-order chi connectivity index (χ1) is 9.45. The van der Waals surface area contributed by atoms with Gasteiger partial charge in [-0.05, 0) is 55.7 Å². The smallest absolute Gasteiger partial charge is 0.335 e. The third kappa shape index (κ3) is 3.42. The van der Waals surface area contributed by atoms with Crippen molar-refractivity contribution in [3.8, 4) is 11.3 Å². The number of aliphatic hydroxyl groups is 1. The minimum atomic E-state index is -0.981. The minimum absolute atomic E-state index is 0.209. The second-order valence-electron chi connectivity index (χ2n) is 5.00. The van der Waals surface area contributed by atoms with Crippen LogP contribution >= 0.6 is 0 Å².